The number of rotatable bonds is 3. The van der Waals surface area contributed by atoms with Gasteiger partial charge in [0.25, 0.3) is 0 Å². The molecule has 0 bridgehead atoms. The molecule has 0 saturated heterocycles. The number of aryl methyl sites for hydroxylation is 1. The van der Waals surface area contributed by atoms with Crippen LogP contribution in [0.1, 0.15) is 16.8 Å². The highest BCUT2D eigenvalue weighted by Crippen LogP contribution is 2.27. The van der Waals surface area contributed by atoms with Gasteiger partial charge in [-0.15, -0.1) is 0 Å². The molecule has 3 aromatic heterocycles. The van der Waals surface area contributed by atoms with Crippen LogP contribution in [0.2, 0.25) is 5.15 Å². The van der Waals surface area contributed by atoms with Crippen molar-refractivity contribution in [1.29, 1.82) is 5.26 Å². The van der Waals surface area contributed by atoms with E-state index < -0.39 is 0 Å². The smallest absolute Gasteiger partial charge is 0.162 e. The monoisotopic (exact) mass is 303 g/mol. The van der Waals surface area contributed by atoms with Crippen molar-refractivity contribution >= 4 is 33.8 Å². The van der Waals surface area contributed by atoms with Crippen molar-refractivity contribution < 1.29 is 0 Å². The summed E-state index contributed by atoms with van der Waals surface area (Å²) in [5, 5.41) is 13.1. The van der Waals surface area contributed by atoms with Gasteiger partial charge in [-0.3, -0.25) is 0 Å². The minimum atomic E-state index is 0.241. The lowest BCUT2D eigenvalue weighted by Gasteiger charge is -1.99. The predicted octanol–water partition coefficient (Wildman–Crippen LogP) is 3.24. The van der Waals surface area contributed by atoms with Gasteiger partial charge < -0.3 is 9.72 Å². The second kappa shape index (κ2) is 5.12. The van der Waals surface area contributed by atoms with Crippen molar-refractivity contribution in [2.45, 2.75) is 13.5 Å². The van der Waals surface area contributed by atoms with E-state index in [0.717, 1.165) is 11.3 Å². The van der Waals surface area contributed by atoms with Crippen molar-refractivity contribution in [2.75, 3.05) is 5.32 Å². The van der Waals surface area contributed by atoms with Crippen molar-refractivity contribution in [3.8, 4) is 6.07 Å². The Morgan fingerprint density at radius 1 is 1.55 bits per heavy atom. The average molecular weight is 304 g/mol. The van der Waals surface area contributed by atoms with E-state index in [1.165, 1.54) is 17.1 Å². The Balaban J connectivity index is 1.81. The van der Waals surface area contributed by atoms with E-state index in [1.807, 2.05) is 41.9 Å². The average Bonchev–Trinajstić information content (AvgIpc) is 2.98. The van der Waals surface area contributed by atoms with Gasteiger partial charge in [0.05, 0.1) is 12.2 Å². The fourth-order valence-electron chi connectivity index (χ4n) is 1.88. The van der Waals surface area contributed by atoms with Crippen LogP contribution < -0.4 is 5.32 Å². The van der Waals surface area contributed by atoms with Gasteiger partial charge in [0.2, 0.25) is 0 Å². The van der Waals surface area contributed by atoms with Crippen LogP contribution in [-0.4, -0.2) is 13.8 Å². The molecule has 1 N–H and O–H groups in total. The summed E-state index contributed by atoms with van der Waals surface area (Å²) in [5.74, 6) is 0. The number of anilines is 1. The molecule has 0 spiro atoms. The van der Waals surface area contributed by atoms with Gasteiger partial charge in [0.15, 0.2) is 5.15 Å². The molecule has 0 aliphatic carbocycles. The maximum atomic E-state index is 9.00. The van der Waals surface area contributed by atoms with Crippen molar-refractivity contribution in [1.82, 2.24) is 13.8 Å². The standard InChI is InChI=1S/C13H10ClN5S/c1-8-2-3-19-7-9(17-11(19)4-8)6-16-13-10(5-15)12(14)18-20-13/h2-4,7,16H,6H2,1H3. The van der Waals surface area contributed by atoms with Gasteiger partial charge in [0.1, 0.15) is 22.3 Å². The van der Waals surface area contributed by atoms with Gasteiger partial charge >= 0.3 is 0 Å². The largest absolute Gasteiger partial charge is 0.369 e. The highest BCUT2D eigenvalue weighted by atomic mass is 35.5. The number of hydrogen-bond donors (Lipinski definition) is 1. The van der Waals surface area contributed by atoms with E-state index in [1.54, 1.807) is 0 Å². The molecule has 0 saturated carbocycles. The Morgan fingerprint density at radius 2 is 2.40 bits per heavy atom. The summed E-state index contributed by atoms with van der Waals surface area (Å²) in [6.07, 6.45) is 3.93. The van der Waals surface area contributed by atoms with Crippen LogP contribution >= 0.6 is 23.1 Å². The van der Waals surface area contributed by atoms with E-state index in [4.69, 9.17) is 16.9 Å². The Labute approximate surface area is 124 Å². The van der Waals surface area contributed by atoms with E-state index >= 15 is 0 Å². The van der Waals surface area contributed by atoms with Crippen LogP contribution in [0.15, 0.2) is 24.5 Å². The maximum absolute atomic E-state index is 9.00. The zero-order chi connectivity index (χ0) is 14.1. The zero-order valence-corrected chi connectivity index (χ0v) is 12.2. The molecule has 0 aliphatic rings. The lowest BCUT2D eigenvalue weighted by atomic mass is 10.3. The normalized spacial score (nSPS) is 10.7. The summed E-state index contributed by atoms with van der Waals surface area (Å²) in [5.41, 5.74) is 3.36. The van der Waals surface area contributed by atoms with E-state index in [-0.39, 0.29) is 5.15 Å². The molecule has 0 amide bonds. The number of hydrogen-bond acceptors (Lipinski definition) is 5. The minimum absolute atomic E-state index is 0.241. The quantitative estimate of drug-likeness (QED) is 0.806. The predicted molar refractivity (Wildman–Crippen MR) is 79.1 cm³/mol. The molecule has 5 nitrogen and oxygen atoms in total. The molecule has 3 heterocycles. The summed E-state index contributed by atoms with van der Waals surface area (Å²) in [6.45, 7) is 2.55. The minimum Gasteiger partial charge on any atom is -0.369 e. The summed E-state index contributed by atoms with van der Waals surface area (Å²) in [6, 6.07) is 6.09. The van der Waals surface area contributed by atoms with Crippen molar-refractivity contribution in [3.05, 3.63) is 46.5 Å². The number of nitrogens with zero attached hydrogens (tertiary/aromatic N) is 4. The SMILES string of the molecule is Cc1ccn2cc(CNc3snc(Cl)c3C#N)nc2c1. The Morgan fingerprint density at radius 3 is 3.20 bits per heavy atom. The zero-order valence-electron chi connectivity index (χ0n) is 10.6. The first-order chi connectivity index (χ1) is 9.67. The lowest BCUT2D eigenvalue weighted by molar-refractivity contribution is 1.08. The Kier molecular flexibility index (Phi) is 3.30. The van der Waals surface area contributed by atoms with Crippen LogP contribution in [0.3, 0.4) is 0 Å². The van der Waals surface area contributed by atoms with E-state index in [0.29, 0.717) is 17.1 Å². The molecule has 3 rings (SSSR count). The second-order valence-electron chi connectivity index (χ2n) is 4.34. The highest BCUT2D eigenvalue weighted by Gasteiger charge is 2.11. The molecule has 0 radical (unpaired) electrons. The first kappa shape index (κ1) is 12.9. The summed E-state index contributed by atoms with van der Waals surface area (Å²) in [4.78, 5) is 4.52. The Hall–Kier alpha value is -2.10. The third-order valence-electron chi connectivity index (χ3n) is 2.86. The molecule has 7 heteroatoms. The first-order valence-corrected chi connectivity index (χ1v) is 7.06. The number of nitrogens with one attached hydrogen (secondary N) is 1. The number of imidazole rings is 1. The number of fused-ring (bicyclic) bond motifs is 1. The Bertz CT molecular complexity index is 814. The fourth-order valence-corrected chi connectivity index (χ4v) is 2.81. The van der Waals surface area contributed by atoms with Crippen molar-refractivity contribution in [3.63, 3.8) is 0 Å². The molecule has 100 valence electrons. The third kappa shape index (κ3) is 2.33. The molecule has 0 aromatic carbocycles. The molecular formula is C13H10ClN5S. The van der Waals surface area contributed by atoms with Gasteiger partial charge in [-0.2, -0.15) is 9.64 Å². The van der Waals surface area contributed by atoms with Crippen LogP contribution in [0.25, 0.3) is 5.65 Å². The van der Waals surface area contributed by atoms with E-state index in [9.17, 15) is 0 Å². The molecule has 3 aromatic rings. The fraction of sp³-hybridized carbons (Fsp3) is 0.154. The van der Waals surface area contributed by atoms with Crippen molar-refractivity contribution in [2.24, 2.45) is 0 Å². The lowest BCUT2D eigenvalue weighted by Crippen LogP contribution is -1.99. The number of halogens is 1. The summed E-state index contributed by atoms with van der Waals surface area (Å²) < 4.78 is 5.92. The van der Waals surface area contributed by atoms with E-state index in [2.05, 4.69) is 14.7 Å². The maximum Gasteiger partial charge on any atom is 0.162 e. The molecular weight excluding hydrogens is 294 g/mol. The van der Waals surface area contributed by atoms with Crippen LogP contribution in [0.4, 0.5) is 5.00 Å². The molecule has 0 aliphatic heterocycles. The number of nitriles is 1. The van der Waals surface area contributed by atoms with Gasteiger partial charge in [-0.1, -0.05) is 11.6 Å². The third-order valence-corrected chi connectivity index (χ3v) is 4.04. The molecule has 0 unspecified atom stereocenters. The highest BCUT2D eigenvalue weighted by molar-refractivity contribution is 7.10. The van der Waals surface area contributed by atoms with Crippen LogP contribution in [-0.2, 0) is 6.54 Å². The van der Waals surface area contributed by atoms with Gasteiger partial charge in [-0.05, 0) is 36.2 Å². The molecule has 20 heavy (non-hydrogen) atoms. The number of aromatic nitrogens is 3. The summed E-state index contributed by atoms with van der Waals surface area (Å²) in [7, 11) is 0. The topological polar surface area (TPSA) is 66.0 Å². The second-order valence-corrected chi connectivity index (χ2v) is 5.48. The molecule has 0 atom stereocenters. The van der Waals surface area contributed by atoms with Crippen LogP contribution in [0.5, 0.6) is 0 Å². The van der Waals surface area contributed by atoms with Crippen LogP contribution in [0, 0.1) is 18.3 Å². The molecule has 0 fully saturated rings. The van der Waals surface area contributed by atoms with Gasteiger partial charge in [0, 0.05) is 12.4 Å². The summed E-state index contributed by atoms with van der Waals surface area (Å²) >= 11 is 7.00. The number of pyridine rings is 1. The first-order valence-electron chi connectivity index (χ1n) is 5.91. The van der Waals surface area contributed by atoms with Gasteiger partial charge in [-0.25, -0.2) is 4.98 Å².